The lowest BCUT2D eigenvalue weighted by Gasteiger charge is -2.09. The van der Waals surface area contributed by atoms with Gasteiger partial charge in [0.1, 0.15) is 0 Å². The lowest BCUT2D eigenvalue weighted by atomic mass is 9.96. The number of hydrogen-bond donors (Lipinski definition) is 0. The molecule has 0 atom stereocenters. The topological polar surface area (TPSA) is 12.4 Å². The van der Waals surface area contributed by atoms with E-state index in [0.717, 1.165) is 12.1 Å². The van der Waals surface area contributed by atoms with Crippen LogP contribution >= 0.6 is 0 Å². The summed E-state index contributed by atoms with van der Waals surface area (Å²) in [4.78, 5) is 4.59. The molecule has 0 saturated carbocycles. The van der Waals surface area contributed by atoms with Crippen LogP contribution in [0.5, 0.6) is 0 Å². The summed E-state index contributed by atoms with van der Waals surface area (Å²) in [6.45, 7) is 4.38. The van der Waals surface area contributed by atoms with Crippen molar-refractivity contribution in [3.8, 4) is 0 Å². The molecule has 0 radical (unpaired) electrons. The minimum atomic E-state index is 0.985. The van der Waals surface area contributed by atoms with Gasteiger partial charge in [0.2, 0.25) is 0 Å². The monoisotopic (exact) mass is 273 g/mol. The Labute approximate surface area is 126 Å². The molecule has 3 rings (SSSR count). The van der Waals surface area contributed by atoms with Crippen LogP contribution in [0.25, 0.3) is 5.57 Å². The molecule has 1 aliphatic rings. The first-order valence-corrected chi connectivity index (χ1v) is 7.29. The highest BCUT2D eigenvalue weighted by molar-refractivity contribution is 5.91. The van der Waals surface area contributed by atoms with Gasteiger partial charge in [-0.15, -0.1) is 0 Å². The van der Waals surface area contributed by atoms with Crippen LogP contribution < -0.4 is 0 Å². The van der Waals surface area contributed by atoms with Gasteiger partial charge in [-0.05, 0) is 49.1 Å². The van der Waals surface area contributed by atoms with E-state index >= 15 is 0 Å². The molecule has 1 heteroatoms. The molecule has 0 fully saturated rings. The fraction of sp³-hybridized carbons (Fsp3) is 0.150. The Balaban J connectivity index is 1.95. The second-order valence-corrected chi connectivity index (χ2v) is 5.51. The Bertz CT molecular complexity index is 733. The van der Waals surface area contributed by atoms with Crippen LogP contribution in [0.1, 0.15) is 31.4 Å². The second-order valence-electron chi connectivity index (χ2n) is 5.51. The molecule has 21 heavy (non-hydrogen) atoms. The van der Waals surface area contributed by atoms with Crippen LogP contribution in [-0.2, 0) is 0 Å². The zero-order valence-electron chi connectivity index (χ0n) is 12.5. The van der Waals surface area contributed by atoms with Crippen LogP contribution in [0.15, 0.2) is 76.8 Å². The third kappa shape index (κ3) is 3.03. The predicted octanol–water partition coefficient (Wildman–Crippen LogP) is 5.56. The maximum Gasteiger partial charge on any atom is 0.0629 e. The minimum Gasteiger partial charge on any atom is -0.256 e. The second kappa shape index (κ2) is 5.92. The molecule has 0 heterocycles. The van der Waals surface area contributed by atoms with Crippen molar-refractivity contribution in [2.45, 2.75) is 20.3 Å². The van der Waals surface area contributed by atoms with Crippen molar-refractivity contribution in [1.82, 2.24) is 0 Å². The maximum absolute atomic E-state index is 4.59. The molecule has 0 spiro atoms. The first kappa shape index (κ1) is 13.6. The molecule has 2 aromatic carbocycles. The van der Waals surface area contributed by atoms with E-state index in [9.17, 15) is 0 Å². The third-order valence-electron chi connectivity index (χ3n) is 3.79. The van der Waals surface area contributed by atoms with Crippen molar-refractivity contribution in [1.29, 1.82) is 0 Å². The summed E-state index contributed by atoms with van der Waals surface area (Å²) in [6, 6.07) is 18.6. The smallest absolute Gasteiger partial charge is 0.0629 e. The van der Waals surface area contributed by atoms with Crippen molar-refractivity contribution < 1.29 is 0 Å². The first-order valence-electron chi connectivity index (χ1n) is 7.29. The van der Waals surface area contributed by atoms with Gasteiger partial charge in [-0.1, -0.05) is 54.1 Å². The van der Waals surface area contributed by atoms with Crippen molar-refractivity contribution in [2.24, 2.45) is 4.99 Å². The molecule has 0 aromatic heterocycles. The summed E-state index contributed by atoms with van der Waals surface area (Å²) in [7, 11) is 0. The Morgan fingerprint density at radius 1 is 0.905 bits per heavy atom. The van der Waals surface area contributed by atoms with Crippen LogP contribution in [0.3, 0.4) is 0 Å². The summed E-state index contributed by atoms with van der Waals surface area (Å²) in [6.07, 6.45) is 5.29. The molecule has 1 aliphatic carbocycles. The van der Waals surface area contributed by atoms with Crippen molar-refractivity contribution in [2.75, 3.05) is 0 Å². The lowest BCUT2D eigenvalue weighted by molar-refractivity contribution is 1.26. The van der Waals surface area contributed by atoms with Crippen LogP contribution in [0.2, 0.25) is 0 Å². The van der Waals surface area contributed by atoms with Gasteiger partial charge in [-0.2, -0.15) is 0 Å². The average molecular weight is 273 g/mol. The normalized spacial score (nSPS) is 14.9. The van der Waals surface area contributed by atoms with Crippen LogP contribution in [-0.4, -0.2) is 6.21 Å². The fourth-order valence-corrected chi connectivity index (χ4v) is 2.78. The van der Waals surface area contributed by atoms with Crippen LogP contribution in [0, 0.1) is 0 Å². The Kier molecular flexibility index (Phi) is 3.83. The van der Waals surface area contributed by atoms with Gasteiger partial charge < -0.3 is 0 Å². The molecule has 1 nitrogen and oxygen atoms in total. The quantitative estimate of drug-likeness (QED) is 0.649. The summed E-state index contributed by atoms with van der Waals surface area (Å²) < 4.78 is 0. The van der Waals surface area contributed by atoms with E-state index in [-0.39, 0.29) is 0 Å². The lowest BCUT2D eigenvalue weighted by Crippen LogP contribution is -1.92. The Morgan fingerprint density at radius 3 is 2.33 bits per heavy atom. The molecule has 0 saturated heterocycles. The van der Waals surface area contributed by atoms with Crippen molar-refractivity contribution >= 4 is 17.5 Å². The summed E-state index contributed by atoms with van der Waals surface area (Å²) in [5, 5.41) is 0. The molecule has 0 amide bonds. The van der Waals surface area contributed by atoms with Gasteiger partial charge in [-0.3, -0.25) is 4.99 Å². The van der Waals surface area contributed by atoms with E-state index in [1.54, 1.807) is 0 Å². The highest BCUT2D eigenvalue weighted by Crippen LogP contribution is 2.34. The first-order chi connectivity index (χ1) is 10.2. The van der Waals surface area contributed by atoms with Crippen molar-refractivity contribution in [3.05, 3.63) is 82.9 Å². The molecule has 0 unspecified atom stereocenters. The number of hydrogen-bond acceptors (Lipinski definition) is 1. The van der Waals surface area contributed by atoms with Gasteiger partial charge in [0.05, 0.1) is 5.69 Å². The standard InChI is InChI=1S/C20H19N/c1-15-12-16(2)20(13-15)19-11-7-6-8-17(19)14-21-18-9-4-3-5-10-18/h3-12,14H,13H2,1-2H3. The highest BCUT2D eigenvalue weighted by Gasteiger charge is 2.14. The summed E-state index contributed by atoms with van der Waals surface area (Å²) >= 11 is 0. The van der Waals surface area contributed by atoms with E-state index in [2.05, 4.69) is 49.2 Å². The Hall–Kier alpha value is -2.41. The van der Waals surface area contributed by atoms with Gasteiger partial charge in [-0.25, -0.2) is 0 Å². The molecular formula is C20H19N. The van der Waals surface area contributed by atoms with E-state index in [1.807, 2.05) is 36.5 Å². The zero-order valence-corrected chi connectivity index (χ0v) is 12.5. The summed E-state index contributed by atoms with van der Waals surface area (Å²) in [5.41, 5.74) is 7.67. The zero-order chi connectivity index (χ0) is 14.7. The number of rotatable bonds is 3. The molecular weight excluding hydrogens is 254 g/mol. The van der Waals surface area contributed by atoms with Gasteiger partial charge in [0.25, 0.3) is 0 Å². The molecule has 0 bridgehead atoms. The maximum atomic E-state index is 4.59. The van der Waals surface area contributed by atoms with E-state index in [0.29, 0.717) is 0 Å². The van der Waals surface area contributed by atoms with Gasteiger partial charge >= 0.3 is 0 Å². The molecule has 104 valence electrons. The Morgan fingerprint density at radius 2 is 1.62 bits per heavy atom. The average Bonchev–Trinajstić information content (AvgIpc) is 2.85. The third-order valence-corrected chi connectivity index (χ3v) is 3.79. The molecule has 2 aromatic rings. The van der Waals surface area contributed by atoms with Gasteiger partial charge in [0.15, 0.2) is 0 Å². The predicted molar refractivity (Wildman–Crippen MR) is 91.1 cm³/mol. The molecule has 0 N–H and O–H groups in total. The SMILES string of the molecule is CC1=CC(C)=C(c2ccccc2C=Nc2ccccc2)C1. The number of benzene rings is 2. The minimum absolute atomic E-state index is 0.985. The number of aliphatic imine (C=N–C) groups is 1. The van der Waals surface area contributed by atoms with E-state index in [4.69, 9.17) is 0 Å². The molecule has 0 aliphatic heterocycles. The van der Waals surface area contributed by atoms with Crippen molar-refractivity contribution in [3.63, 3.8) is 0 Å². The number of nitrogens with zero attached hydrogens (tertiary/aromatic N) is 1. The largest absolute Gasteiger partial charge is 0.256 e. The number of para-hydroxylation sites is 1. The van der Waals surface area contributed by atoms with Gasteiger partial charge in [0, 0.05) is 11.8 Å². The fourth-order valence-electron chi connectivity index (χ4n) is 2.78. The van der Waals surface area contributed by atoms with E-state index in [1.165, 1.54) is 27.8 Å². The van der Waals surface area contributed by atoms with E-state index < -0.39 is 0 Å². The summed E-state index contributed by atoms with van der Waals surface area (Å²) in [5.74, 6) is 0. The highest BCUT2D eigenvalue weighted by atomic mass is 14.7. The van der Waals surface area contributed by atoms with Crippen LogP contribution in [0.4, 0.5) is 5.69 Å². The number of allylic oxidation sites excluding steroid dienone is 4.